The van der Waals surface area contributed by atoms with Crippen molar-refractivity contribution in [1.82, 2.24) is 15.7 Å². The van der Waals surface area contributed by atoms with Crippen molar-refractivity contribution in [1.29, 1.82) is 0 Å². The standard InChI is InChI=1S/C32H46IN3O8/c1-3-5-7-14-31(15-8-6-4-2)42-25-23-19-32(30(40)35-16-13-24(38)34-17-18-37)27(29(39)41-23)36(44-28(32)26(25)43-31)20-21-9-11-22(33)12-10-21/h9-12,23,25-28,37H,3-8,13-20H2,1-2H3,(H,34,38)(H,35,40)/t23?,25-,26-,27-,28+,32?/m0/s1. The molecule has 3 saturated heterocycles. The molecule has 0 spiro atoms. The predicted octanol–water partition coefficient (Wildman–Crippen LogP) is 3.35. The molecular formula is C32H46IN3O8. The number of aliphatic hydroxyl groups excluding tert-OH is 1. The summed E-state index contributed by atoms with van der Waals surface area (Å²) in [5.41, 5.74) is -0.346. The van der Waals surface area contributed by atoms with Crippen LogP contribution >= 0.6 is 22.6 Å². The van der Waals surface area contributed by atoms with Gasteiger partial charge < -0.3 is 30.0 Å². The van der Waals surface area contributed by atoms with Gasteiger partial charge in [0.1, 0.15) is 29.8 Å². The zero-order valence-corrected chi connectivity index (χ0v) is 27.9. The Bertz CT molecular complexity index is 1160. The largest absolute Gasteiger partial charge is 0.458 e. The van der Waals surface area contributed by atoms with Crippen LogP contribution in [0.5, 0.6) is 0 Å². The number of ether oxygens (including phenoxy) is 3. The second-order valence-corrected chi connectivity index (χ2v) is 13.7. The second-order valence-electron chi connectivity index (χ2n) is 12.4. The van der Waals surface area contributed by atoms with Crippen LogP contribution in [-0.4, -0.2) is 83.9 Å². The van der Waals surface area contributed by atoms with Gasteiger partial charge in [0.15, 0.2) is 11.8 Å². The number of fused-ring (bicyclic) bond motifs is 4. The van der Waals surface area contributed by atoms with E-state index < -0.39 is 47.6 Å². The van der Waals surface area contributed by atoms with Crippen LogP contribution in [0.25, 0.3) is 0 Å². The molecule has 2 bridgehead atoms. The molecule has 3 heterocycles. The predicted molar refractivity (Wildman–Crippen MR) is 169 cm³/mol. The number of carbonyl (C=O) groups excluding carboxylic acids is 3. The molecule has 6 atom stereocenters. The van der Waals surface area contributed by atoms with E-state index in [2.05, 4.69) is 47.1 Å². The normalized spacial score (nSPS) is 30.1. The lowest BCUT2D eigenvalue weighted by Gasteiger charge is -2.48. The van der Waals surface area contributed by atoms with E-state index in [4.69, 9.17) is 24.2 Å². The molecule has 4 fully saturated rings. The Morgan fingerprint density at radius 2 is 1.68 bits per heavy atom. The van der Waals surface area contributed by atoms with E-state index >= 15 is 0 Å². The zero-order valence-electron chi connectivity index (χ0n) is 25.7. The fraction of sp³-hybridized carbons (Fsp3) is 0.719. The third-order valence-electron chi connectivity index (χ3n) is 9.32. The molecule has 1 aliphatic carbocycles. The first kappa shape index (κ1) is 33.5. The number of rotatable bonds is 16. The maximum atomic E-state index is 14.3. The molecule has 1 saturated carbocycles. The minimum absolute atomic E-state index is 0.0435. The lowest BCUT2D eigenvalue weighted by molar-refractivity contribution is -0.224. The molecule has 1 aromatic carbocycles. The number of amides is 2. The monoisotopic (exact) mass is 727 g/mol. The van der Waals surface area contributed by atoms with Crippen molar-refractivity contribution in [2.45, 2.75) is 121 Å². The fourth-order valence-corrected chi connectivity index (χ4v) is 7.56. The van der Waals surface area contributed by atoms with Crippen LogP contribution < -0.4 is 10.6 Å². The summed E-state index contributed by atoms with van der Waals surface area (Å²) in [6, 6.07) is 6.96. The summed E-state index contributed by atoms with van der Waals surface area (Å²) in [7, 11) is 0. The quantitative estimate of drug-likeness (QED) is 0.133. The van der Waals surface area contributed by atoms with E-state index in [1.807, 2.05) is 24.3 Å². The number of nitrogens with one attached hydrogen (secondary N) is 2. The Morgan fingerprint density at radius 3 is 2.34 bits per heavy atom. The molecule has 3 aliphatic heterocycles. The molecule has 1 aromatic rings. The van der Waals surface area contributed by atoms with E-state index in [9.17, 15) is 14.4 Å². The maximum Gasteiger partial charge on any atom is 0.327 e. The Kier molecular flexibility index (Phi) is 11.2. The van der Waals surface area contributed by atoms with Gasteiger partial charge in [0, 0.05) is 42.3 Å². The molecule has 0 aromatic heterocycles. The molecule has 11 nitrogen and oxygen atoms in total. The molecule has 0 radical (unpaired) electrons. The van der Waals surface area contributed by atoms with E-state index in [0.29, 0.717) is 0 Å². The van der Waals surface area contributed by atoms with E-state index in [1.165, 1.54) is 0 Å². The van der Waals surface area contributed by atoms with E-state index in [-0.39, 0.29) is 50.9 Å². The lowest BCUT2D eigenvalue weighted by atomic mass is 9.62. The molecule has 4 aliphatic rings. The number of carbonyl (C=O) groups is 3. The van der Waals surface area contributed by atoms with Crippen LogP contribution in [0.15, 0.2) is 24.3 Å². The Morgan fingerprint density at radius 1 is 1.00 bits per heavy atom. The molecule has 12 heteroatoms. The number of aliphatic hydroxyl groups is 1. The number of hydrogen-bond donors (Lipinski definition) is 3. The first-order valence-electron chi connectivity index (χ1n) is 16.2. The average Bonchev–Trinajstić information content (AvgIpc) is 3.56. The number of halogens is 1. The van der Waals surface area contributed by atoms with Gasteiger partial charge in [-0.15, -0.1) is 0 Å². The van der Waals surface area contributed by atoms with Gasteiger partial charge in [-0.05, 0) is 53.1 Å². The first-order valence-corrected chi connectivity index (χ1v) is 17.2. The second kappa shape index (κ2) is 14.7. The number of benzene rings is 1. The van der Waals surface area contributed by atoms with Crippen molar-refractivity contribution in [2.75, 3.05) is 19.7 Å². The van der Waals surface area contributed by atoms with Gasteiger partial charge in [0.05, 0.1) is 13.2 Å². The summed E-state index contributed by atoms with van der Waals surface area (Å²) in [4.78, 5) is 46.8. The van der Waals surface area contributed by atoms with Crippen LogP contribution in [0.2, 0.25) is 0 Å². The first-order chi connectivity index (χ1) is 21.3. The number of unbranched alkanes of at least 4 members (excludes halogenated alkanes) is 4. The van der Waals surface area contributed by atoms with Crippen LogP contribution in [-0.2, 0) is 40.0 Å². The van der Waals surface area contributed by atoms with Crippen LogP contribution in [0.4, 0.5) is 0 Å². The van der Waals surface area contributed by atoms with Crippen molar-refractivity contribution in [3.8, 4) is 0 Å². The van der Waals surface area contributed by atoms with Gasteiger partial charge in [0.25, 0.3) is 0 Å². The van der Waals surface area contributed by atoms with Gasteiger partial charge in [-0.2, -0.15) is 5.06 Å². The van der Waals surface area contributed by atoms with Crippen LogP contribution in [0, 0.1) is 8.99 Å². The Hall–Kier alpha value is -1.84. The smallest absolute Gasteiger partial charge is 0.327 e. The lowest BCUT2D eigenvalue weighted by Crippen LogP contribution is -2.69. The minimum Gasteiger partial charge on any atom is -0.458 e. The van der Waals surface area contributed by atoms with Gasteiger partial charge in [0.2, 0.25) is 11.8 Å². The van der Waals surface area contributed by atoms with Crippen LogP contribution in [0.3, 0.4) is 0 Å². The third kappa shape index (κ3) is 6.80. The van der Waals surface area contributed by atoms with Crippen molar-refractivity contribution < 1.29 is 38.5 Å². The average molecular weight is 728 g/mol. The number of hydrogen-bond acceptors (Lipinski definition) is 9. The summed E-state index contributed by atoms with van der Waals surface area (Å²) >= 11 is 2.24. The maximum absolute atomic E-state index is 14.3. The Labute approximate surface area is 273 Å². The summed E-state index contributed by atoms with van der Waals surface area (Å²) < 4.78 is 20.8. The van der Waals surface area contributed by atoms with E-state index in [0.717, 1.165) is 60.5 Å². The molecule has 2 amide bonds. The van der Waals surface area contributed by atoms with Gasteiger partial charge in [-0.25, -0.2) is 0 Å². The molecule has 3 N–H and O–H groups in total. The molecule has 5 rings (SSSR count). The van der Waals surface area contributed by atoms with Gasteiger partial charge in [-0.3, -0.25) is 19.2 Å². The highest BCUT2D eigenvalue weighted by Gasteiger charge is 2.76. The van der Waals surface area contributed by atoms with Crippen molar-refractivity contribution in [3.05, 3.63) is 33.4 Å². The summed E-state index contributed by atoms with van der Waals surface area (Å²) in [6.07, 6.45) is 5.31. The minimum atomic E-state index is -1.28. The fourth-order valence-electron chi connectivity index (χ4n) is 7.20. The highest BCUT2D eigenvalue weighted by Crippen LogP contribution is 2.58. The van der Waals surface area contributed by atoms with Crippen LogP contribution in [0.1, 0.15) is 83.6 Å². The molecular weight excluding hydrogens is 681 g/mol. The molecule has 2 unspecified atom stereocenters. The third-order valence-corrected chi connectivity index (χ3v) is 10.0. The van der Waals surface area contributed by atoms with Crippen molar-refractivity contribution in [3.63, 3.8) is 0 Å². The summed E-state index contributed by atoms with van der Waals surface area (Å²) in [6.45, 7) is 4.68. The molecule has 244 valence electrons. The SMILES string of the molecule is CCCCCC1(CCCCC)O[C@@H]2[C@H]3ON(Cc4ccc(I)cc4)[C@H]4C(=O)OC(CC34C(=O)NCCC(=O)NCCO)[C@@H]2O1. The number of esters is 1. The van der Waals surface area contributed by atoms with E-state index in [1.54, 1.807) is 5.06 Å². The molecule has 44 heavy (non-hydrogen) atoms. The topological polar surface area (TPSA) is 136 Å². The highest BCUT2D eigenvalue weighted by atomic mass is 127. The number of hydroxylamine groups is 2. The Balaban J connectivity index is 1.44. The summed E-state index contributed by atoms with van der Waals surface area (Å²) in [5.74, 6) is -1.97. The number of nitrogens with zero attached hydrogens (tertiary/aromatic N) is 1. The highest BCUT2D eigenvalue weighted by molar-refractivity contribution is 14.1. The van der Waals surface area contributed by atoms with Crippen molar-refractivity contribution in [2.24, 2.45) is 5.41 Å². The zero-order chi connectivity index (χ0) is 31.3. The van der Waals surface area contributed by atoms with Gasteiger partial charge in [-0.1, -0.05) is 51.7 Å². The van der Waals surface area contributed by atoms with Gasteiger partial charge >= 0.3 is 5.97 Å². The van der Waals surface area contributed by atoms with Crippen molar-refractivity contribution >= 4 is 40.4 Å². The summed E-state index contributed by atoms with van der Waals surface area (Å²) in [5, 5.41) is 16.1.